The molecular formula is C18H19N5O2S. The number of hydrogen-bond donors (Lipinski definition) is 1. The Bertz CT molecular complexity index is 870. The summed E-state index contributed by atoms with van der Waals surface area (Å²) in [6, 6.07) is 7.34. The highest BCUT2D eigenvalue weighted by Gasteiger charge is 2.28. The van der Waals surface area contributed by atoms with Gasteiger partial charge in [0.05, 0.1) is 10.8 Å². The average molecular weight is 369 g/mol. The number of rotatable bonds is 4. The van der Waals surface area contributed by atoms with Gasteiger partial charge in [-0.15, -0.1) is 0 Å². The third-order valence-electron chi connectivity index (χ3n) is 4.24. The molecule has 0 radical (unpaired) electrons. The Morgan fingerprint density at radius 3 is 2.92 bits per heavy atom. The highest BCUT2D eigenvalue weighted by Crippen LogP contribution is 2.30. The smallest absolute Gasteiger partial charge is 0.253 e. The molecular weight excluding hydrogens is 350 g/mol. The Labute approximate surface area is 155 Å². The lowest BCUT2D eigenvalue weighted by atomic mass is 10.1. The lowest BCUT2D eigenvalue weighted by molar-refractivity contribution is -0.119. The van der Waals surface area contributed by atoms with Gasteiger partial charge in [0.25, 0.3) is 5.91 Å². The van der Waals surface area contributed by atoms with Gasteiger partial charge >= 0.3 is 0 Å². The molecule has 0 unspecified atom stereocenters. The number of carbonyl (C=O) groups is 2. The lowest BCUT2D eigenvalue weighted by Crippen LogP contribution is -2.25. The Morgan fingerprint density at radius 1 is 1.42 bits per heavy atom. The molecule has 1 aromatic carbocycles. The summed E-state index contributed by atoms with van der Waals surface area (Å²) in [5.74, 6) is -0.364. The Morgan fingerprint density at radius 2 is 2.23 bits per heavy atom. The van der Waals surface area contributed by atoms with E-state index in [4.69, 9.17) is 5.26 Å². The fraction of sp³-hybridized carbons (Fsp3) is 0.333. The number of anilines is 1. The molecule has 1 aromatic heterocycles. The molecule has 3 rings (SSSR count). The largest absolute Gasteiger partial charge is 0.345 e. The van der Waals surface area contributed by atoms with E-state index in [1.165, 1.54) is 16.2 Å². The molecule has 2 aromatic rings. The number of nitrogens with zero attached hydrogens (tertiary/aromatic N) is 4. The molecule has 1 aliphatic heterocycles. The first-order chi connectivity index (χ1) is 12.5. The molecule has 2 amide bonds. The van der Waals surface area contributed by atoms with Crippen LogP contribution in [0, 0.1) is 17.4 Å². The zero-order chi connectivity index (χ0) is 18.7. The molecule has 1 N–H and O–H groups in total. The second-order valence-corrected chi connectivity index (χ2v) is 7.36. The summed E-state index contributed by atoms with van der Waals surface area (Å²) in [7, 11) is 3.43. The van der Waals surface area contributed by atoms with Crippen LogP contribution in [0.3, 0.4) is 0 Å². The van der Waals surface area contributed by atoms with Crippen molar-refractivity contribution in [2.24, 2.45) is 5.92 Å². The van der Waals surface area contributed by atoms with Gasteiger partial charge in [-0.2, -0.15) is 5.26 Å². The number of benzene rings is 1. The van der Waals surface area contributed by atoms with Gasteiger partial charge in [-0.05, 0) is 24.1 Å². The Kier molecular flexibility index (Phi) is 5.19. The highest BCUT2D eigenvalue weighted by molar-refractivity contribution is 7.19. The summed E-state index contributed by atoms with van der Waals surface area (Å²) in [6.45, 7) is 1.07. The van der Waals surface area contributed by atoms with E-state index in [2.05, 4.69) is 16.5 Å². The molecule has 0 saturated carbocycles. The Hall–Kier alpha value is -2.92. The molecule has 2 heterocycles. The molecule has 0 aliphatic carbocycles. The summed E-state index contributed by atoms with van der Waals surface area (Å²) >= 11 is 1.36. The molecule has 7 nitrogen and oxygen atoms in total. The van der Waals surface area contributed by atoms with Crippen LogP contribution in [-0.4, -0.2) is 53.8 Å². The summed E-state index contributed by atoms with van der Waals surface area (Å²) in [6.07, 6.45) is 4.43. The van der Waals surface area contributed by atoms with Gasteiger partial charge in [0.2, 0.25) is 5.91 Å². The van der Waals surface area contributed by atoms with Gasteiger partial charge in [0.15, 0.2) is 11.3 Å². The molecule has 134 valence electrons. The van der Waals surface area contributed by atoms with Crippen molar-refractivity contribution in [2.45, 2.75) is 6.42 Å². The minimum atomic E-state index is -0.192. The van der Waals surface area contributed by atoms with Crippen molar-refractivity contribution < 1.29 is 9.59 Å². The number of carbonyl (C=O) groups excluding carboxylic acids is 2. The Balaban J connectivity index is 1.70. The SMILES string of the molecule is CN(C)C(=O)c1cccc(-c2cnc(NC(=O)[C@H]3CCN(C#N)C3)s2)c1. The topological polar surface area (TPSA) is 89.3 Å². The maximum Gasteiger partial charge on any atom is 0.253 e. The molecule has 8 heteroatoms. The fourth-order valence-corrected chi connectivity index (χ4v) is 3.62. The van der Waals surface area contributed by atoms with Gasteiger partial charge in [0.1, 0.15) is 0 Å². The van der Waals surface area contributed by atoms with E-state index in [0.717, 1.165) is 10.4 Å². The quantitative estimate of drug-likeness (QED) is 0.835. The molecule has 26 heavy (non-hydrogen) atoms. The maximum atomic E-state index is 12.3. The summed E-state index contributed by atoms with van der Waals surface area (Å²) < 4.78 is 0. The van der Waals surface area contributed by atoms with E-state index < -0.39 is 0 Å². The maximum absolute atomic E-state index is 12.3. The van der Waals surface area contributed by atoms with Gasteiger partial charge < -0.3 is 15.1 Å². The van der Waals surface area contributed by atoms with Gasteiger partial charge in [-0.25, -0.2) is 4.98 Å². The first-order valence-corrected chi connectivity index (χ1v) is 9.03. The zero-order valence-corrected chi connectivity index (χ0v) is 15.4. The van der Waals surface area contributed by atoms with Crippen LogP contribution in [0.4, 0.5) is 5.13 Å². The highest BCUT2D eigenvalue weighted by atomic mass is 32.1. The van der Waals surface area contributed by atoms with E-state index in [0.29, 0.717) is 30.2 Å². The van der Waals surface area contributed by atoms with Crippen LogP contribution in [-0.2, 0) is 4.79 Å². The van der Waals surface area contributed by atoms with Crippen LogP contribution < -0.4 is 5.32 Å². The van der Waals surface area contributed by atoms with Crippen molar-refractivity contribution in [2.75, 3.05) is 32.5 Å². The van der Waals surface area contributed by atoms with Gasteiger partial charge in [-0.1, -0.05) is 23.5 Å². The van der Waals surface area contributed by atoms with E-state index in [1.54, 1.807) is 31.3 Å². The number of likely N-dealkylation sites (tertiary alicyclic amines) is 1. The molecule has 1 saturated heterocycles. The number of aromatic nitrogens is 1. The molecule has 1 aliphatic rings. The average Bonchev–Trinajstić information content (AvgIpc) is 3.30. The molecule has 0 spiro atoms. The van der Waals surface area contributed by atoms with Crippen LogP contribution in [0.1, 0.15) is 16.8 Å². The van der Waals surface area contributed by atoms with Crippen LogP contribution >= 0.6 is 11.3 Å². The van der Waals surface area contributed by atoms with E-state index >= 15 is 0 Å². The van der Waals surface area contributed by atoms with Crippen LogP contribution in [0.5, 0.6) is 0 Å². The summed E-state index contributed by atoms with van der Waals surface area (Å²) in [5, 5.41) is 12.2. The van der Waals surface area contributed by atoms with Crippen molar-refractivity contribution in [3.63, 3.8) is 0 Å². The fourth-order valence-electron chi connectivity index (χ4n) is 2.80. The number of amides is 2. The predicted molar refractivity (Wildman–Crippen MR) is 99.5 cm³/mol. The van der Waals surface area contributed by atoms with E-state index in [9.17, 15) is 9.59 Å². The standard InChI is InChI=1S/C18H19N5O2S/c1-22(2)17(25)13-5-3-4-12(8-13)15-9-20-18(26-15)21-16(24)14-6-7-23(10-14)11-19/h3-5,8-9,14H,6-7,10H2,1-2H3,(H,20,21,24)/t14-/m0/s1. The monoisotopic (exact) mass is 369 g/mol. The van der Waals surface area contributed by atoms with Crippen molar-refractivity contribution >= 4 is 28.3 Å². The van der Waals surface area contributed by atoms with Crippen molar-refractivity contribution in [1.29, 1.82) is 5.26 Å². The van der Waals surface area contributed by atoms with Crippen molar-refractivity contribution in [3.8, 4) is 16.6 Å². The van der Waals surface area contributed by atoms with Crippen LogP contribution in [0.25, 0.3) is 10.4 Å². The zero-order valence-electron chi connectivity index (χ0n) is 14.6. The first kappa shape index (κ1) is 17.9. The third kappa shape index (κ3) is 3.83. The number of hydrogen-bond acceptors (Lipinski definition) is 6. The second kappa shape index (κ2) is 7.54. The third-order valence-corrected chi connectivity index (χ3v) is 5.20. The second-order valence-electron chi connectivity index (χ2n) is 6.33. The first-order valence-electron chi connectivity index (χ1n) is 8.21. The van der Waals surface area contributed by atoms with Gasteiger partial charge in [-0.3, -0.25) is 9.59 Å². The molecule has 1 fully saturated rings. The minimum Gasteiger partial charge on any atom is -0.345 e. The van der Waals surface area contributed by atoms with Crippen LogP contribution in [0.15, 0.2) is 30.5 Å². The number of thiazole rings is 1. The normalized spacial score (nSPS) is 16.2. The lowest BCUT2D eigenvalue weighted by Gasteiger charge is -2.10. The number of nitriles is 1. The minimum absolute atomic E-state index is 0.0619. The van der Waals surface area contributed by atoms with Crippen molar-refractivity contribution in [3.05, 3.63) is 36.0 Å². The summed E-state index contributed by atoms with van der Waals surface area (Å²) in [5.41, 5.74) is 1.49. The van der Waals surface area contributed by atoms with E-state index in [-0.39, 0.29) is 17.7 Å². The molecule has 0 bridgehead atoms. The van der Waals surface area contributed by atoms with Crippen molar-refractivity contribution in [1.82, 2.24) is 14.8 Å². The van der Waals surface area contributed by atoms with E-state index in [1.807, 2.05) is 18.2 Å². The van der Waals surface area contributed by atoms with Gasteiger partial charge in [0, 0.05) is 38.9 Å². The molecule has 1 atom stereocenters. The predicted octanol–water partition coefficient (Wildman–Crippen LogP) is 2.25. The number of nitrogens with one attached hydrogen (secondary N) is 1. The van der Waals surface area contributed by atoms with Crippen LogP contribution in [0.2, 0.25) is 0 Å². The summed E-state index contributed by atoms with van der Waals surface area (Å²) in [4.78, 5) is 32.7.